The molecule has 0 amide bonds. The average molecular weight is 513 g/mol. The number of halogens is 2. The molecule has 0 saturated carbocycles. The monoisotopic (exact) mass is 512 g/mol. The summed E-state index contributed by atoms with van der Waals surface area (Å²) in [6, 6.07) is 12.6. The van der Waals surface area contributed by atoms with Crippen molar-refractivity contribution in [1.29, 1.82) is 0 Å². The number of esters is 2. The lowest BCUT2D eigenvalue weighted by atomic mass is 10.00. The number of ether oxygens (including phenoxy) is 2. The van der Waals surface area contributed by atoms with Gasteiger partial charge in [-0.3, -0.25) is 9.10 Å². The van der Waals surface area contributed by atoms with Crippen molar-refractivity contribution in [3.8, 4) is 0 Å². The summed E-state index contributed by atoms with van der Waals surface area (Å²) < 4.78 is 39.2. The van der Waals surface area contributed by atoms with Gasteiger partial charge in [-0.15, -0.1) is 0 Å². The zero-order chi connectivity index (χ0) is 24.0. The van der Waals surface area contributed by atoms with Crippen molar-refractivity contribution in [2.24, 2.45) is 0 Å². The second-order valence-electron chi connectivity index (χ2n) is 7.16. The molecule has 3 rings (SSSR count). The van der Waals surface area contributed by atoms with Crippen LogP contribution in [0.15, 0.2) is 60.3 Å². The number of carbonyl (C=O) groups excluding carboxylic acids is 2. The lowest BCUT2D eigenvalue weighted by Crippen LogP contribution is -2.46. The molecule has 0 radical (unpaired) electrons. The maximum absolute atomic E-state index is 13.0. The van der Waals surface area contributed by atoms with Crippen LogP contribution >= 0.6 is 23.2 Å². The lowest BCUT2D eigenvalue weighted by molar-refractivity contribution is -0.141. The van der Waals surface area contributed by atoms with E-state index < -0.39 is 28.2 Å². The first kappa shape index (κ1) is 25.0. The van der Waals surface area contributed by atoms with Crippen molar-refractivity contribution in [2.45, 2.75) is 25.5 Å². The van der Waals surface area contributed by atoms with Crippen LogP contribution in [0.3, 0.4) is 0 Å². The normalized spacial score (nSPS) is 17.2. The molecule has 1 N–H and O–H groups in total. The fourth-order valence-electron chi connectivity index (χ4n) is 3.19. The van der Waals surface area contributed by atoms with Crippen LogP contribution in [-0.4, -0.2) is 38.3 Å². The molecule has 2 aromatic rings. The van der Waals surface area contributed by atoms with Gasteiger partial charge in [-0.05, 0) is 29.7 Å². The van der Waals surface area contributed by atoms with Crippen molar-refractivity contribution in [2.75, 3.05) is 13.7 Å². The second kappa shape index (κ2) is 11.0. The van der Waals surface area contributed by atoms with Gasteiger partial charge < -0.3 is 9.47 Å². The number of nitrogens with zero attached hydrogens (tertiary/aromatic N) is 1. The molecular formula is C22H22Cl2N2O6S. The molecule has 1 aliphatic rings. The second-order valence-corrected chi connectivity index (χ2v) is 9.66. The predicted molar refractivity (Wildman–Crippen MR) is 124 cm³/mol. The van der Waals surface area contributed by atoms with Gasteiger partial charge in [-0.2, -0.15) is 13.1 Å². The van der Waals surface area contributed by atoms with E-state index in [0.717, 1.165) is 9.87 Å². The van der Waals surface area contributed by atoms with Crippen LogP contribution in [0.1, 0.15) is 30.0 Å². The molecule has 1 atom stereocenters. The summed E-state index contributed by atoms with van der Waals surface area (Å²) in [6.45, 7) is -0.0336. The zero-order valence-electron chi connectivity index (χ0n) is 17.7. The fraction of sp³-hybridized carbons (Fsp3) is 0.273. The Balaban J connectivity index is 1.91. The molecule has 1 aliphatic heterocycles. The summed E-state index contributed by atoms with van der Waals surface area (Å²) >= 11 is 12.3. The van der Waals surface area contributed by atoms with Gasteiger partial charge in [0, 0.05) is 29.2 Å². The van der Waals surface area contributed by atoms with Gasteiger partial charge in [0.2, 0.25) is 0 Å². The van der Waals surface area contributed by atoms with Crippen LogP contribution in [0.5, 0.6) is 0 Å². The first-order valence-corrected chi connectivity index (χ1v) is 12.1. The van der Waals surface area contributed by atoms with Crippen molar-refractivity contribution >= 4 is 45.3 Å². The molecule has 0 fully saturated rings. The number of benzene rings is 2. The number of hydrogen-bond donors (Lipinski definition) is 1. The molecule has 0 saturated heterocycles. The Bertz CT molecular complexity index is 1150. The highest BCUT2D eigenvalue weighted by atomic mass is 35.5. The highest BCUT2D eigenvalue weighted by Crippen LogP contribution is 2.34. The Hall–Kier alpha value is -2.59. The van der Waals surface area contributed by atoms with E-state index in [9.17, 15) is 18.0 Å². The molecule has 0 aliphatic carbocycles. The van der Waals surface area contributed by atoms with Gasteiger partial charge in [-0.1, -0.05) is 59.6 Å². The molecule has 11 heteroatoms. The minimum absolute atomic E-state index is 0.00712. The van der Waals surface area contributed by atoms with E-state index in [1.54, 1.807) is 24.3 Å². The molecule has 176 valence electrons. The number of carbonyl (C=O) groups is 2. The van der Waals surface area contributed by atoms with Gasteiger partial charge in [0.15, 0.2) is 0 Å². The largest absolute Gasteiger partial charge is 0.469 e. The minimum Gasteiger partial charge on any atom is -0.469 e. The van der Waals surface area contributed by atoms with E-state index in [2.05, 4.69) is 9.46 Å². The molecule has 0 bridgehead atoms. The van der Waals surface area contributed by atoms with Crippen molar-refractivity contribution in [1.82, 2.24) is 9.03 Å². The third-order valence-corrected chi connectivity index (χ3v) is 6.88. The molecule has 33 heavy (non-hydrogen) atoms. The van der Waals surface area contributed by atoms with Gasteiger partial charge >= 0.3 is 22.1 Å². The summed E-state index contributed by atoms with van der Waals surface area (Å²) in [5.74, 6) is -1.18. The Morgan fingerprint density at radius 1 is 1.12 bits per heavy atom. The average Bonchev–Trinajstić information content (AvgIpc) is 2.78. The lowest BCUT2D eigenvalue weighted by Gasteiger charge is -2.32. The highest BCUT2D eigenvalue weighted by molar-refractivity contribution is 7.87. The minimum atomic E-state index is -4.03. The van der Waals surface area contributed by atoms with Crippen LogP contribution < -0.4 is 4.72 Å². The summed E-state index contributed by atoms with van der Waals surface area (Å²) in [4.78, 5) is 24.4. The van der Waals surface area contributed by atoms with E-state index >= 15 is 0 Å². The Morgan fingerprint density at radius 3 is 2.52 bits per heavy atom. The number of methoxy groups -OCH3 is 1. The molecule has 2 aromatic carbocycles. The number of nitrogens with one attached hydrogen (secondary N) is 1. The third-order valence-electron chi connectivity index (χ3n) is 4.88. The Morgan fingerprint density at radius 2 is 1.85 bits per heavy atom. The summed E-state index contributed by atoms with van der Waals surface area (Å²) in [6.07, 6.45) is 1.44. The Kier molecular flexibility index (Phi) is 8.36. The smallest absolute Gasteiger partial charge is 0.337 e. The maximum Gasteiger partial charge on any atom is 0.337 e. The molecule has 0 aromatic heterocycles. The van der Waals surface area contributed by atoms with E-state index in [-0.39, 0.29) is 36.6 Å². The van der Waals surface area contributed by atoms with Crippen molar-refractivity contribution < 1.29 is 27.5 Å². The van der Waals surface area contributed by atoms with E-state index in [1.807, 2.05) is 18.2 Å². The summed E-state index contributed by atoms with van der Waals surface area (Å²) in [5, 5.41) is 0.556. The summed E-state index contributed by atoms with van der Waals surface area (Å²) in [7, 11) is -2.78. The zero-order valence-corrected chi connectivity index (χ0v) is 20.0. The van der Waals surface area contributed by atoms with Crippen LogP contribution in [0.25, 0.3) is 0 Å². The van der Waals surface area contributed by atoms with E-state index in [0.29, 0.717) is 10.6 Å². The van der Waals surface area contributed by atoms with Crippen molar-refractivity contribution in [3.05, 3.63) is 81.5 Å². The van der Waals surface area contributed by atoms with E-state index in [1.165, 1.54) is 19.4 Å². The van der Waals surface area contributed by atoms with Gasteiger partial charge in [-0.25, -0.2) is 4.79 Å². The predicted octanol–water partition coefficient (Wildman–Crippen LogP) is 3.77. The molecule has 1 unspecified atom stereocenters. The van der Waals surface area contributed by atoms with Crippen LogP contribution in [0, 0.1) is 0 Å². The number of hydrogen-bond acceptors (Lipinski definition) is 6. The Labute approximate surface area is 202 Å². The van der Waals surface area contributed by atoms with Crippen LogP contribution in [-0.2, 0) is 35.9 Å². The quantitative estimate of drug-likeness (QED) is 0.540. The standard InChI is InChI=1S/C22H22Cl2N2O6S/c1-31-20(27)8-5-11-26-13-18(22(28)32-14-15-6-3-2-4-7-15)21(25-33(26,29)30)17-10-9-16(23)12-19(17)24/h2-4,6-7,9-10,12-13,21,25H,5,8,11,14H2,1H3. The highest BCUT2D eigenvalue weighted by Gasteiger charge is 2.37. The maximum atomic E-state index is 13.0. The third kappa shape index (κ3) is 6.48. The molecule has 0 spiro atoms. The molecule has 1 heterocycles. The molecule has 8 nitrogen and oxygen atoms in total. The first-order chi connectivity index (χ1) is 15.7. The van der Waals surface area contributed by atoms with Gasteiger partial charge in [0.25, 0.3) is 0 Å². The van der Waals surface area contributed by atoms with Crippen LogP contribution in [0.4, 0.5) is 0 Å². The topological polar surface area (TPSA) is 102 Å². The summed E-state index contributed by atoms with van der Waals surface area (Å²) in [5.41, 5.74) is 1.17. The van der Waals surface area contributed by atoms with Gasteiger partial charge in [0.05, 0.1) is 18.7 Å². The van der Waals surface area contributed by atoms with Crippen LogP contribution in [0.2, 0.25) is 10.0 Å². The SMILES string of the molecule is COC(=O)CCCN1C=C(C(=O)OCc2ccccc2)C(c2ccc(Cl)cc2Cl)NS1(=O)=O. The first-order valence-electron chi connectivity index (χ1n) is 9.95. The number of rotatable bonds is 8. The van der Waals surface area contributed by atoms with E-state index in [4.69, 9.17) is 27.9 Å². The fourth-order valence-corrected chi connectivity index (χ4v) is 5.02. The molecular weight excluding hydrogens is 491 g/mol. The van der Waals surface area contributed by atoms with Gasteiger partial charge in [0.1, 0.15) is 6.61 Å². The van der Waals surface area contributed by atoms with Crippen molar-refractivity contribution in [3.63, 3.8) is 0 Å².